The topological polar surface area (TPSA) is 72.8 Å². The fraction of sp³-hybridized carbons (Fsp3) is 0.481. The molecule has 3 rings (SSSR count). The van der Waals surface area contributed by atoms with Gasteiger partial charge in [0.15, 0.2) is 40.7 Å². The Labute approximate surface area is 219 Å². The minimum atomic E-state index is -2.42. The Morgan fingerprint density at radius 3 is 2.13 bits per heavy atom. The Hall–Kier alpha value is -3.15. The van der Waals surface area contributed by atoms with Gasteiger partial charge >= 0.3 is 5.97 Å². The van der Waals surface area contributed by atoms with Gasteiger partial charge in [0.05, 0.1) is 17.9 Å². The molecule has 0 unspecified atom stereocenters. The highest BCUT2D eigenvalue weighted by Crippen LogP contribution is 2.39. The zero-order chi connectivity index (χ0) is 28.9. The molecule has 0 bridgehead atoms. The second kappa shape index (κ2) is 13.3. The van der Waals surface area contributed by atoms with E-state index in [0.29, 0.717) is 32.1 Å². The summed E-state index contributed by atoms with van der Waals surface area (Å²) >= 11 is 0. The van der Waals surface area contributed by atoms with E-state index < -0.39 is 70.0 Å². The number of ether oxygens (including phenoxy) is 2. The second-order valence-corrected chi connectivity index (χ2v) is 9.34. The quantitative estimate of drug-likeness (QED) is 0.0828. The van der Waals surface area contributed by atoms with Crippen molar-refractivity contribution >= 4 is 22.5 Å². The smallest absolute Gasteiger partial charge is 0.305 e. The van der Waals surface area contributed by atoms with E-state index in [9.17, 15) is 45.4 Å². The molecule has 0 saturated heterocycles. The van der Waals surface area contributed by atoms with Crippen molar-refractivity contribution in [3.8, 4) is 5.75 Å². The number of fused-ring (bicyclic) bond motifs is 1. The van der Waals surface area contributed by atoms with Crippen molar-refractivity contribution in [1.29, 1.82) is 0 Å². The van der Waals surface area contributed by atoms with E-state index in [-0.39, 0.29) is 23.6 Å². The number of aliphatic hydroxyl groups excluding tert-OH is 1. The van der Waals surface area contributed by atoms with E-state index in [1.807, 2.05) is 0 Å². The standard InChI is InChI=1S/C27H27F7O5/c1-38-17(37)7-5-3-2-4-6-15-13(9-11-16(15)36)8-10-14(35)12-39-27-19-18(21(29)25(33)26(27)34)20(28)23(31)24(32)22(19)30/h8,10,13-15,35H,2-7,9,11-12H2,1H3/b10-8+/t13-,14-,15+/m0/s1. The molecule has 0 amide bonds. The fourth-order valence-electron chi connectivity index (χ4n) is 4.73. The SMILES string of the molecule is COC(=O)CCCCCC[C@H]1C(=O)CC[C@@H]1/C=C/[C@H](O)COc1c(F)c(F)c(F)c2c(F)c(F)c(F)c(F)c12. The van der Waals surface area contributed by atoms with Crippen molar-refractivity contribution < 1.29 is 54.9 Å². The molecule has 1 saturated carbocycles. The molecule has 214 valence electrons. The van der Waals surface area contributed by atoms with Gasteiger partial charge in [-0.05, 0) is 25.2 Å². The third-order valence-corrected chi connectivity index (χ3v) is 6.81. The Bertz CT molecular complexity index is 1260. The summed E-state index contributed by atoms with van der Waals surface area (Å²) in [6, 6.07) is 0. The number of allylic oxidation sites excluding steroid dienone is 1. The van der Waals surface area contributed by atoms with Crippen molar-refractivity contribution in [2.75, 3.05) is 13.7 Å². The van der Waals surface area contributed by atoms with Crippen LogP contribution in [-0.2, 0) is 14.3 Å². The largest absolute Gasteiger partial charge is 0.487 e. The normalized spacial score (nSPS) is 18.3. The lowest BCUT2D eigenvalue weighted by Crippen LogP contribution is -2.18. The van der Waals surface area contributed by atoms with Crippen molar-refractivity contribution in [2.45, 2.75) is 57.5 Å². The lowest BCUT2D eigenvalue weighted by atomic mass is 9.89. The molecule has 1 N–H and O–H groups in total. The number of unbranched alkanes of at least 4 members (excludes halogenated alkanes) is 3. The number of Topliss-reactive ketones (excluding diaryl/α,β-unsaturated/α-hetero) is 1. The first-order valence-corrected chi connectivity index (χ1v) is 12.4. The van der Waals surface area contributed by atoms with Crippen LogP contribution in [-0.4, -0.2) is 36.7 Å². The van der Waals surface area contributed by atoms with Crippen LogP contribution in [0.5, 0.6) is 5.75 Å². The third kappa shape index (κ3) is 6.71. The van der Waals surface area contributed by atoms with Crippen molar-refractivity contribution in [1.82, 2.24) is 0 Å². The van der Waals surface area contributed by atoms with Gasteiger partial charge in [0.2, 0.25) is 5.82 Å². The maximum absolute atomic E-state index is 14.4. The van der Waals surface area contributed by atoms with Gasteiger partial charge in [-0.1, -0.05) is 31.4 Å². The van der Waals surface area contributed by atoms with E-state index in [1.165, 1.54) is 13.2 Å². The first kappa shape index (κ1) is 30.4. The molecule has 0 aliphatic heterocycles. The van der Waals surface area contributed by atoms with Gasteiger partial charge in [-0.3, -0.25) is 9.59 Å². The number of esters is 1. The monoisotopic (exact) mass is 564 g/mol. The highest BCUT2D eigenvalue weighted by Gasteiger charge is 2.33. The average Bonchev–Trinajstić information content (AvgIpc) is 3.27. The van der Waals surface area contributed by atoms with Crippen LogP contribution in [0.25, 0.3) is 10.8 Å². The van der Waals surface area contributed by atoms with Crippen LogP contribution in [0.2, 0.25) is 0 Å². The van der Waals surface area contributed by atoms with Crippen LogP contribution >= 0.6 is 0 Å². The maximum Gasteiger partial charge on any atom is 0.305 e. The fourth-order valence-corrected chi connectivity index (χ4v) is 4.73. The Balaban J connectivity index is 1.65. The predicted octanol–water partition coefficient (Wildman–Crippen LogP) is 6.22. The van der Waals surface area contributed by atoms with E-state index in [0.717, 1.165) is 19.3 Å². The maximum atomic E-state index is 14.4. The molecule has 0 aromatic heterocycles. The second-order valence-electron chi connectivity index (χ2n) is 9.34. The zero-order valence-electron chi connectivity index (χ0n) is 21.0. The number of carbonyl (C=O) groups is 2. The number of hydrogen-bond donors (Lipinski definition) is 1. The van der Waals surface area contributed by atoms with Crippen LogP contribution in [0.15, 0.2) is 12.2 Å². The predicted molar refractivity (Wildman–Crippen MR) is 125 cm³/mol. The summed E-state index contributed by atoms with van der Waals surface area (Å²) in [5.41, 5.74) is 0. The number of rotatable bonds is 12. The minimum Gasteiger partial charge on any atom is -0.487 e. The van der Waals surface area contributed by atoms with Crippen LogP contribution in [0, 0.1) is 52.6 Å². The number of aliphatic hydroxyl groups is 1. The third-order valence-electron chi connectivity index (χ3n) is 6.81. The lowest BCUT2D eigenvalue weighted by Gasteiger charge is -2.17. The summed E-state index contributed by atoms with van der Waals surface area (Å²) in [5.74, 6) is -18.1. The van der Waals surface area contributed by atoms with Crippen LogP contribution in [0.3, 0.4) is 0 Å². The molecule has 1 aliphatic carbocycles. The van der Waals surface area contributed by atoms with Gasteiger partial charge in [-0.15, -0.1) is 0 Å². The Morgan fingerprint density at radius 1 is 0.897 bits per heavy atom. The number of ketones is 1. The molecular weight excluding hydrogens is 537 g/mol. The first-order valence-electron chi connectivity index (χ1n) is 12.4. The molecule has 1 aliphatic rings. The molecule has 0 radical (unpaired) electrons. The van der Waals surface area contributed by atoms with Crippen LogP contribution < -0.4 is 4.74 Å². The first-order chi connectivity index (χ1) is 18.5. The Kier molecular flexibility index (Phi) is 10.3. The Morgan fingerprint density at radius 2 is 1.49 bits per heavy atom. The van der Waals surface area contributed by atoms with Crippen molar-refractivity contribution in [3.63, 3.8) is 0 Å². The molecule has 2 aromatic carbocycles. The minimum absolute atomic E-state index is 0.0621. The van der Waals surface area contributed by atoms with Gasteiger partial charge in [0.1, 0.15) is 18.5 Å². The van der Waals surface area contributed by atoms with Crippen molar-refractivity contribution in [2.24, 2.45) is 11.8 Å². The highest BCUT2D eigenvalue weighted by molar-refractivity contribution is 5.90. The van der Waals surface area contributed by atoms with E-state index >= 15 is 0 Å². The molecule has 2 aromatic rings. The van der Waals surface area contributed by atoms with E-state index in [4.69, 9.17) is 4.74 Å². The summed E-state index contributed by atoms with van der Waals surface area (Å²) in [5, 5.41) is 7.07. The molecule has 0 heterocycles. The summed E-state index contributed by atoms with van der Waals surface area (Å²) in [6.45, 7) is -0.862. The molecule has 12 heteroatoms. The van der Waals surface area contributed by atoms with Gasteiger partial charge in [-0.25, -0.2) is 26.3 Å². The molecule has 5 nitrogen and oxygen atoms in total. The summed E-state index contributed by atoms with van der Waals surface area (Å²) in [7, 11) is 1.32. The number of hydrogen-bond acceptors (Lipinski definition) is 5. The molecule has 0 spiro atoms. The van der Waals surface area contributed by atoms with E-state index in [2.05, 4.69) is 4.74 Å². The van der Waals surface area contributed by atoms with Gasteiger partial charge in [0.25, 0.3) is 0 Å². The average molecular weight is 564 g/mol. The molecule has 1 fully saturated rings. The zero-order valence-corrected chi connectivity index (χ0v) is 21.0. The van der Waals surface area contributed by atoms with Crippen LogP contribution in [0.4, 0.5) is 30.7 Å². The summed E-state index contributed by atoms with van der Waals surface area (Å²) < 4.78 is 108. The lowest BCUT2D eigenvalue weighted by molar-refractivity contribution is -0.140. The van der Waals surface area contributed by atoms with Gasteiger partial charge < -0.3 is 14.6 Å². The molecule has 39 heavy (non-hydrogen) atoms. The summed E-state index contributed by atoms with van der Waals surface area (Å²) in [6.07, 6.45) is 6.08. The summed E-state index contributed by atoms with van der Waals surface area (Å²) in [4.78, 5) is 23.4. The number of carbonyl (C=O) groups excluding carboxylic acids is 2. The highest BCUT2D eigenvalue weighted by atomic mass is 19.2. The van der Waals surface area contributed by atoms with Crippen LogP contribution in [0.1, 0.15) is 51.4 Å². The molecule has 3 atom stereocenters. The molecular formula is C27H27F7O5. The number of methoxy groups -OCH3 is 1. The van der Waals surface area contributed by atoms with E-state index in [1.54, 1.807) is 6.08 Å². The van der Waals surface area contributed by atoms with Gasteiger partial charge in [-0.2, -0.15) is 4.39 Å². The number of benzene rings is 2. The number of halogens is 7. The van der Waals surface area contributed by atoms with Gasteiger partial charge in [0, 0.05) is 18.8 Å². The van der Waals surface area contributed by atoms with Crippen molar-refractivity contribution in [3.05, 3.63) is 52.9 Å².